The summed E-state index contributed by atoms with van der Waals surface area (Å²) in [5.41, 5.74) is 1.56. The predicted octanol–water partition coefficient (Wildman–Crippen LogP) is 4.05. The third-order valence-corrected chi connectivity index (χ3v) is 6.10. The SMILES string of the molecule is CC1CC(C)CN(c2ncnc3sc4c(c23)CCCC4)C1. The number of fused-ring (bicyclic) bond motifs is 3. The number of nitrogens with zero attached hydrogens (tertiary/aromatic N) is 3. The standard InChI is InChI=1S/C17H23N3S/c1-11-7-12(2)9-20(8-11)16-15-13-5-3-4-6-14(13)21-17(15)19-10-18-16/h10-12H,3-9H2,1-2H3. The highest BCUT2D eigenvalue weighted by Gasteiger charge is 2.27. The molecule has 0 N–H and O–H groups in total. The van der Waals surface area contributed by atoms with Gasteiger partial charge in [0.25, 0.3) is 0 Å². The Morgan fingerprint density at radius 1 is 1.10 bits per heavy atom. The number of anilines is 1. The average molecular weight is 301 g/mol. The summed E-state index contributed by atoms with van der Waals surface area (Å²) in [6.07, 6.45) is 8.22. The minimum Gasteiger partial charge on any atom is -0.355 e. The number of piperidine rings is 1. The molecule has 0 aromatic carbocycles. The summed E-state index contributed by atoms with van der Waals surface area (Å²) in [7, 11) is 0. The minimum absolute atomic E-state index is 0.758. The molecule has 1 fully saturated rings. The van der Waals surface area contributed by atoms with Gasteiger partial charge in [-0.25, -0.2) is 9.97 Å². The zero-order chi connectivity index (χ0) is 14.4. The van der Waals surface area contributed by atoms with E-state index in [-0.39, 0.29) is 0 Å². The van der Waals surface area contributed by atoms with Crippen LogP contribution in [0.25, 0.3) is 10.2 Å². The maximum Gasteiger partial charge on any atom is 0.141 e. The van der Waals surface area contributed by atoms with Gasteiger partial charge in [-0.05, 0) is 49.5 Å². The van der Waals surface area contributed by atoms with E-state index in [2.05, 4.69) is 23.7 Å². The van der Waals surface area contributed by atoms with E-state index in [9.17, 15) is 0 Å². The summed E-state index contributed by atoms with van der Waals surface area (Å²) in [4.78, 5) is 14.6. The van der Waals surface area contributed by atoms with Crippen LogP contribution in [0.1, 0.15) is 43.6 Å². The van der Waals surface area contributed by atoms with E-state index >= 15 is 0 Å². The van der Waals surface area contributed by atoms with E-state index in [1.807, 2.05) is 11.3 Å². The molecule has 2 aliphatic rings. The van der Waals surface area contributed by atoms with E-state index in [1.165, 1.54) is 48.1 Å². The summed E-state index contributed by atoms with van der Waals surface area (Å²) < 4.78 is 0. The maximum atomic E-state index is 4.70. The Morgan fingerprint density at radius 2 is 1.86 bits per heavy atom. The molecule has 0 bridgehead atoms. The van der Waals surface area contributed by atoms with Crippen molar-refractivity contribution >= 4 is 27.4 Å². The number of aromatic nitrogens is 2. The van der Waals surface area contributed by atoms with E-state index in [0.717, 1.165) is 24.9 Å². The molecule has 0 radical (unpaired) electrons. The van der Waals surface area contributed by atoms with E-state index in [0.29, 0.717) is 0 Å². The van der Waals surface area contributed by atoms with Gasteiger partial charge in [0.1, 0.15) is 17.0 Å². The number of rotatable bonds is 1. The third-order valence-electron chi connectivity index (χ3n) is 4.90. The van der Waals surface area contributed by atoms with Crippen molar-refractivity contribution in [1.29, 1.82) is 0 Å². The van der Waals surface area contributed by atoms with Gasteiger partial charge >= 0.3 is 0 Å². The van der Waals surface area contributed by atoms with Gasteiger partial charge in [0.05, 0.1) is 5.39 Å². The van der Waals surface area contributed by atoms with Crippen molar-refractivity contribution < 1.29 is 0 Å². The first kappa shape index (κ1) is 13.5. The highest BCUT2D eigenvalue weighted by molar-refractivity contribution is 7.19. The molecule has 1 saturated heterocycles. The molecule has 0 saturated carbocycles. The summed E-state index contributed by atoms with van der Waals surface area (Å²) >= 11 is 1.90. The Bertz CT molecular complexity index is 653. The van der Waals surface area contributed by atoms with Gasteiger partial charge in [0, 0.05) is 18.0 Å². The van der Waals surface area contributed by atoms with E-state index in [4.69, 9.17) is 4.98 Å². The van der Waals surface area contributed by atoms with Crippen LogP contribution in [0.2, 0.25) is 0 Å². The first-order valence-electron chi connectivity index (χ1n) is 8.22. The quantitative estimate of drug-likeness (QED) is 0.795. The molecular formula is C17H23N3S. The van der Waals surface area contributed by atoms with Crippen molar-refractivity contribution in [1.82, 2.24) is 9.97 Å². The summed E-state index contributed by atoms with van der Waals surface area (Å²) in [6, 6.07) is 0. The molecular weight excluding hydrogens is 278 g/mol. The molecule has 4 heteroatoms. The molecule has 0 spiro atoms. The molecule has 2 unspecified atom stereocenters. The van der Waals surface area contributed by atoms with Crippen LogP contribution >= 0.6 is 11.3 Å². The van der Waals surface area contributed by atoms with Crippen LogP contribution in [0, 0.1) is 11.8 Å². The van der Waals surface area contributed by atoms with Crippen molar-refractivity contribution in [3.63, 3.8) is 0 Å². The van der Waals surface area contributed by atoms with Crippen molar-refractivity contribution in [2.24, 2.45) is 11.8 Å². The molecule has 21 heavy (non-hydrogen) atoms. The maximum absolute atomic E-state index is 4.70. The molecule has 2 aromatic rings. The molecule has 0 amide bonds. The fraction of sp³-hybridized carbons (Fsp3) is 0.647. The van der Waals surface area contributed by atoms with Crippen LogP contribution < -0.4 is 4.90 Å². The summed E-state index contributed by atoms with van der Waals surface area (Å²) in [6.45, 7) is 7.01. The van der Waals surface area contributed by atoms with E-state index in [1.54, 1.807) is 16.8 Å². The number of hydrogen-bond donors (Lipinski definition) is 0. The predicted molar refractivity (Wildman–Crippen MR) is 89.2 cm³/mol. The first-order chi connectivity index (χ1) is 10.2. The monoisotopic (exact) mass is 301 g/mol. The molecule has 3 nitrogen and oxygen atoms in total. The first-order valence-corrected chi connectivity index (χ1v) is 9.04. The Hall–Kier alpha value is -1.16. The summed E-state index contributed by atoms with van der Waals surface area (Å²) in [5.74, 6) is 2.72. The largest absolute Gasteiger partial charge is 0.355 e. The lowest BCUT2D eigenvalue weighted by molar-refractivity contribution is 0.356. The zero-order valence-corrected chi connectivity index (χ0v) is 13.7. The number of hydrogen-bond acceptors (Lipinski definition) is 4. The summed E-state index contributed by atoms with van der Waals surface area (Å²) in [5, 5.41) is 1.37. The topological polar surface area (TPSA) is 29.0 Å². The van der Waals surface area contributed by atoms with Gasteiger partial charge in [-0.2, -0.15) is 0 Å². The van der Waals surface area contributed by atoms with Crippen LogP contribution in [0.3, 0.4) is 0 Å². The van der Waals surface area contributed by atoms with Crippen molar-refractivity contribution in [3.8, 4) is 0 Å². The van der Waals surface area contributed by atoms with Crippen molar-refractivity contribution in [2.45, 2.75) is 46.0 Å². The van der Waals surface area contributed by atoms with Gasteiger partial charge < -0.3 is 4.90 Å². The van der Waals surface area contributed by atoms with Crippen LogP contribution in [0.4, 0.5) is 5.82 Å². The van der Waals surface area contributed by atoms with Gasteiger partial charge in [0.15, 0.2) is 0 Å². The average Bonchev–Trinajstić information content (AvgIpc) is 2.84. The van der Waals surface area contributed by atoms with Gasteiger partial charge in [-0.15, -0.1) is 11.3 Å². The second-order valence-corrected chi connectivity index (χ2v) is 8.02. The highest BCUT2D eigenvalue weighted by atomic mass is 32.1. The molecule has 112 valence electrons. The van der Waals surface area contributed by atoms with Crippen molar-refractivity contribution in [3.05, 3.63) is 16.8 Å². The molecule has 2 aromatic heterocycles. The smallest absolute Gasteiger partial charge is 0.141 e. The fourth-order valence-electron chi connectivity index (χ4n) is 4.15. The van der Waals surface area contributed by atoms with Gasteiger partial charge in [-0.3, -0.25) is 0 Å². The lowest BCUT2D eigenvalue weighted by Gasteiger charge is -2.36. The van der Waals surface area contributed by atoms with Gasteiger partial charge in [-0.1, -0.05) is 13.8 Å². The van der Waals surface area contributed by atoms with Crippen molar-refractivity contribution in [2.75, 3.05) is 18.0 Å². The van der Waals surface area contributed by atoms with E-state index < -0.39 is 0 Å². The highest BCUT2D eigenvalue weighted by Crippen LogP contribution is 2.40. The number of aryl methyl sites for hydroxylation is 2. The molecule has 1 aliphatic carbocycles. The second-order valence-electron chi connectivity index (χ2n) is 6.94. The second kappa shape index (κ2) is 5.24. The molecule has 4 rings (SSSR count). The van der Waals surface area contributed by atoms with Crippen LogP contribution in [-0.4, -0.2) is 23.1 Å². The normalized spacial score (nSPS) is 26.1. The Morgan fingerprint density at radius 3 is 2.67 bits per heavy atom. The van der Waals surface area contributed by atoms with Crippen LogP contribution in [-0.2, 0) is 12.8 Å². The molecule has 2 atom stereocenters. The fourth-order valence-corrected chi connectivity index (χ4v) is 5.37. The molecule has 3 heterocycles. The Kier molecular flexibility index (Phi) is 3.37. The lowest BCUT2D eigenvalue weighted by atomic mass is 9.91. The Balaban J connectivity index is 1.83. The van der Waals surface area contributed by atoms with Crippen LogP contribution in [0.5, 0.6) is 0 Å². The zero-order valence-electron chi connectivity index (χ0n) is 12.9. The minimum atomic E-state index is 0.758. The van der Waals surface area contributed by atoms with Gasteiger partial charge in [0.2, 0.25) is 0 Å². The third kappa shape index (κ3) is 2.33. The van der Waals surface area contributed by atoms with Crippen LogP contribution in [0.15, 0.2) is 6.33 Å². The number of thiophene rings is 1. The molecule has 1 aliphatic heterocycles. The lowest BCUT2D eigenvalue weighted by Crippen LogP contribution is -2.39. The Labute approximate surface area is 130 Å².